The first kappa shape index (κ1) is 23.2. The number of benzene rings is 3. The van der Waals surface area contributed by atoms with E-state index in [9.17, 15) is 13.0 Å². The third kappa shape index (κ3) is 4.32. The first-order valence-electron chi connectivity index (χ1n) is 10.5. The second kappa shape index (κ2) is 7.92. The Kier molecular flexibility index (Phi) is 5.94. The highest BCUT2D eigenvalue weighted by Gasteiger charge is 2.48. The van der Waals surface area contributed by atoms with E-state index in [2.05, 4.69) is 41.5 Å². The molecule has 0 aliphatic rings. The molecule has 3 aromatic rings. The fraction of sp³-hybridized carbons (Fsp3) is 0.333. The summed E-state index contributed by atoms with van der Waals surface area (Å²) >= 11 is 0. The van der Waals surface area contributed by atoms with Gasteiger partial charge in [-0.25, -0.2) is 0 Å². The van der Waals surface area contributed by atoms with Gasteiger partial charge in [0.2, 0.25) is 0 Å². The van der Waals surface area contributed by atoms with Crippen molar-refractivity contribution in [1.82, 2.24) is 0 Å². The van der Waals surface area contributed by atoms with E-state index in [1.165, 1.54) is 0 Å². The van der Waals surface area contributed by atoms with Gasteiger partial charge in [-0.2, -0.15) is 8.42 Å². The maximum Gasteiger partial charge on any atom is 0.283 e. The van der Waals surface area contributed by atoms with Gasteiger partial charge in [-0.3, -0.25) is 4.55 Å². The molecule has 0 unspecified atom stereocenters. The first-order chi connectivity index (χ1) is 14.3. The molecule has 1 N–H and O–H groups in total. The Morgan fingerprint density at radius 1 is 0.516 bits per heavy atom. The Morgan fingerprint density at radius 3 is 1.10 bits per heavy atom. The van der Waals surface area contributed by atoms with Gasteiger partial charge in [-0.05, 0) is 38.6 Å². The van der Waals surface area contributed by atoms with E-state index in [1.54, 1.807) is 24.3 Å². The standard InChI is InChI=1S/C27H32O3S/c1-25(2,3)20-12-16-23(17-13-20)27(31(28,29)30,22-10-8-7-9-11-22)24-18-14-21(15-19-24)26(4,5)6/h7-19H,1-6H3,(H,28,29,30). The predicted octanol–water partition coefficient (Wildman–Crippen LogP) is 6.46. The minimum atomic E-state index is -4.58. The summed E-state index contributed by atoms with van der Waals surface area (Å²) in [4.78, 5) is 0. The van der Waals surface area contributed by atoms with E-state index < -0.39 is 14.9 Å². The van der Waals surface area contributed by atoms with Gasteiger partial charge in [0.1, 0.15) is 0 Å². The van der Waals surface area contributed by atoms with Crippen LogP contribution >= 0.6 is 0 Å². The Morgan fingerprint density at radius 2 is 0.806 bits per heavy atom. The van der Waals surface area contributed by atoms with Gasteiger partial charge >= 0.3 is 0 Å². The molecule has 0 atom stereocenters. The van der Waals surface area contributed by atoms with Crippen LogP contribution in [-0.4, -0.2) is 13.0 Å². The molecule has 3 rings (SSSR count). The normalized spacial score (nSPS) is 13.3. The summed E-state index contributed by atoms with van der Waals surface area (Å²) in [6.07, 6.45) is 0. The van der Waals surface area contributed by atoms with Gasteiger partial charge in [0, 0.05) is 0 Å². The van der Waals surface area contributed by atoms with Crippen molar-refractivity contribution >= 4 is 10.1 Å². The van der Waals surface area contributed by atoms with Gasteiger partial charge in [0.05, 0.1) is 0 Å². The van der Waals surface area contributed by atoms with Crippen LogP contribution in [-0.2, 0) is 25.7 Å². The molecule has 31 heavy (non-hydrogen) atoms. The van der Waals surface area contributed by atoms with Crippen molar-refractivity contribution in [2.45, 2.75) is 57.1 Å². The van der Waals surface area contributed by atoms with Crippen LogP contribution in [0.3, 0.4) is 0 Å². The summed E-state index contributed by atoms with van der Waals surface area (Å²) < 4.78 is 35.3. The molecule has 0 spiro atoms. The second-order valence-electron chi connectivity index (χ2n) is 10.2. The highest BCUT2D eigenvalue weighted by Crippen LogP contribution is 2.44. The maximum absolute atomic E-state index is 13.2. The summed E-state index contributed by atoms with van der Waals surface area (Å²) in [7, 11) is -4.58. The van der Waals surface area contributed by atoms with Crippen molar-refractivity contribution in [3.63, 3.8) is 0 Å². The topological polar surface area (TPSA) is 54.4 Å². The van der Waals surface area contributed by atoms with Crippen molar-refractivity contribution < 1.29 is 13.0 Å². The summed E-state index contributed by atoms with van der Waals surface area (Å²) in [5.74, 6) is 0. The van der Waals surface area contributed by atoms with Gasteiger partial charge in [0.25, 0.3) is 10.1 Å². The quantitative estimate of drug-likeness (QED) is 0.377. The smallest absolute Gasteiger partial charge is 0.283 e. The predicted molar refractivity (Wildman–Crippen MR) is 128 cm³/mol. The van der Waals surface area contributed by atoms with Gasteiger partial charge in [-0.15, -0.1) is 0 Å². The van der Waals surface area contributed by atoms with Gasteiger partial charge in [-0.1, -0.05) is 120 Å². The molecule has 0 saturated carbocycles. The van der Waals surface area contributed by atoms with Crippen molar-refractivity contribution in [3.05, 3.63) is 107 Å². The van der Waals surface area contributed by atoms with Crippen LogP contribution in [0.4, 0.5) is 0 Å². The molecule has 0 bridgehead atoms. The fourth-order valence-electron chi connectivity index (χ4n) is 4.03. The van der Waals surface area contributed by atoms with Crippen LogP contribution in [0.5, 0.6) is 0 Å². The van der Waals surface area contributed by atoms with E-state index in [4.69, 9.17) is 0 Å². The summed E-state index contributed by atoms with van der Waals surface area (Å²) in [5, 5.41) is 0. The van der Waals surface area contributed by atoms with Crippen molar-refractivity contribution in [3.8, 4) is 0 Å². The monoisotopic (exact) mass is 436 g/mol. The zero-order valence-corrected chi connectivity index (χ0v) is 20.0. The van der Waals surface area contributed by atoms with Crippen LogP contribution < -0.4 is 0 Å². The zero-order chi connectivity index (χ0) is 23.1. The summed E-state index contributed by atoms with van der Waals surface area (Å²) in [6.45, 7) is 12.7. The maximum atomic E-state index is 13.2. The molecule has 3 aromatic carbocycles. The molecule has 0 heterocycles. The fourth-order valence-corrected chi connectivity index (χ4v) is 5.33. The molecule has 0 fully saturated rings. The van der Waals surface area contributed by atoms with E-state index >= 15 is 0 Å². The van der Waals surface area contributed by atoms with E-state index in [-0.39, 0.29) is 10.8 Å². The van der Waals surface area contributed by atoms with Gasteiger partial charge < -0.3 is 0 Å². The molecule has 0 amide bonds. The zero-order valence-electron chi connectivity index (χ0n) is 19.2. The molecular formula is C27H32O3S. The number of rotatable bonds is 4. The van der Waals surface area contributed by atoms with Crippen molar-refractivity contribution in [2.75, 3.05) is 0 Å². The second-order valence-corrected chi connectivity index (χ2v) is 11.7. The molecule has 0 radical (unpaired) electrons. The largest absolute Gasteiger partial charge is 0.284 e. The average molecular weight is 437 g/mol. The SMILES string of the molecule is CC(C)(C)c1ccc(C(c2ccccc2)(c2ccc(C(C)(C)C)cc2)S(=O)(=O)O)cc1. The lowest BCUT2D eigenvalue weighted by Gasteiger charge is -2.33. The van der Waals surface area contributed by atoms with Crippen LogP contribution in [0.2, 0.25) is 0 Å². The number of hydrogen-bond donors (Lipinski definition) is 1. The molecular weight excluding hydrogens is 404 g/mol. The molecule has 0 saturated heterocycles. The number of hydrogen-bond acceptors (Lipinski definition) is 2. The Bertz CT molecular complexity index is 1070. The lowest BCUT2D eigenvalue weighted by atomic mass is 9.80. The summed E-state index contributed by atoms with van der Waals surface area (Å²) in [5.41, 5.74) is 3.58. The lowest BCUT2D eigenvalue weighted by Crippen LogP contribution is -2.38. The van der Waals surface area contributed by atoms with Crippen LogP contribution in [0, 0.1) is 0 Å². The highest BCUT2D eigenvalue weighted by atomic mass is 32.2. The molecule has 3 nitrogen and oxygen atoms in total. The third-order valence-electron chi connectivity index (χ3n) is 5.88. The average Bonchev–Trinajstić information content (AvgIpc) is 2.68. The summed E-state index contributed by atoms with van der Waals surface area (Å²) in [6, 6.07) is 24.0. The Labute approximate surface area is 186 Å². The van der Waals surface area contributed by atoms with Crippen molar-refractivity contribution in [1.29, 1.82) is 0 Å². The van der Waals surface area contributed by atoms with Crippen LogP contribution in [0.1, 0.15) is 69.4 Å². The Balaban J connectivity index is 2.35. The molecule has 164 valence electrons. The van der Waals surface area contributed by atoms with Crippen LogP contribution in [0.25, 0.3) is 0 Å². The minimum absolute atomic E-state index is 0.0691. The molecule has 0 aliphatic carbocycles. The minimum Gasteiger partial charge on any atom is -0.284 e. The molecule has 0 aromatic heterocycles. The Hall–Kier alpha value is -2.43. The molecule has 4 heteroatoms. The van der Waals surface area contributed by atoms with E-state index in [0.717, 1.165) is 11.1 Å². The molecule has 0 aliphatic heterocycles. The van der Waals surface area contributed by atoms with Gasteiger partial charge in [0.15, 0.2) is 4.75 Å². The lowest BCUT2D eigenvalue weighted by molar-refractivity contribution is 0.459. The highest BCUT2D eigenvalue weighted by molar-refractivity contribution is 7.87. The van der Waals surface area contributed by atoms with E-state index in [1.807, 2.05) is 54.6 Å². The first-order valence-corrected chi connectivity index (χ1v) is 12.0. The van der Waals surface area contributed by atoms with Crippen LogP contribution in [0.15, 0.2) is 78.9 Å². The third-order valence-corrected chi connectivity index (χ3v) is 7.36. The van der Waals surface area contributed by atoms with Crippen molar-refractivity contribution in [2.24, 2.45) is 0 Å². The van der Waals surface area contributed by atoms with E-state index in [0.29, 0.717) is 16.7 Å².